The van der Waals surface area contributed by atoms with Gasteiger partial charge in [0, 0.05) is 17.3 Å². The number of nitrogens with two attached hydrogens (primary N) is 1. The van der Waals surface area contributed by atoms with Gasteiger partial charge in [-0.15, -0.1) is 0 Å². The van der Waals surface area contributed by atoms with Crippen LogP contribution in [0.1, 0.15) is 10.4 Å². The van der Waals surface area contributed by atoms with E-state index in [1.165, 1.54) is 0 Å². The van der Waals surface area contributed by atoms with Crippen LogP contribution in [0, 0.1) is 0 Å². The van der Waals surface area contributed by atoms with Gasteiger partial charge < -0.3 is 5.73 Å². The molecular formula is C12H10N2O. The average Bonchev–Trinajstić information content (AvgIpc) is 2.30. The molecule has 0 radical (unpaired) electrons. The SMILES string of the molecule is Nc1ccc(-c2cccc(C=O)c2)cn1. The molecule has 0 bridgehead atoms. The van der Waals surface area contributed by atoms with Crippen LogP contribution in [0.4, 0.5) is 5.82 Å². The Labute approximate surface area is 87.6 Å². The van der Waals surface area contributed by atoms with Crippen LogP contribution in [0.3, 0.4) is 0 Å². The summed E-state index contributed by atoms with van der Waals surface area (Å²) in [7, 11) is 0. The number of aromatic nitrogens is 1. The van der Waals surface area contributed by atoms with E-state index in [1.54, 1.807) is 18.3 Å². The van der Waals surface area contributed by atoms with Crippen molar-refractivity contribution in [1.82, 2.24) is 4.98 Å². The van der Waals surface area contributed by atoms with E-state index in [0.29, 0.717) is 11.4 Å². The predicted molar refractivity (Wildman–Crippen MR) is 59.5 cm³/mol. The third-order valence-corrected chi connectivity index (χ3v) is 2.14. The molecule has 0 spiro atoms. The van der Waals surface area contributed by atoms with Crippen LogP contribution in [0.5, 0.6) is 0 Å². The Hall–Kier alpha value is -2.16. The molecule has 0 aliphatic heterocycles. The van der Waals surface area contributed by atoms with Crippen LogP contribution >= 0.6 is 0 Å². The van der Waals surface area contributed by atoms with E-state index in [2.05, 4.69) is 4.98 Å². The lowest BCUT2D eigenvalue weighted by atomic mass is 10.1. The standard InChI is InChI=1S/C12H10N2O/c13-12-5-4-11(7-14-12)10-3-1-2-9(6-10)8-15/h1-8H,(H2,13,14). The first-order chi connectivity index (χ1) is 7.29. The molecule has 0 saturated carbocycles. The van der Waals surface area contributed by atoms with E-state index in [0.717, 1.165) is 17.4 Å². The zero-order chi connectivity index (χ0) is 10.7. The molecule has 1 aromatic carbocycles. The highest BCUT2D eigenvalue weighted by Crippen LogP contribution is 2.19. The number of nitrogen functional groups attached to an aromatic ring is 1. The highest BCUT2D eigenvalue weighted by Gasteiger charge is 1.98. The van der Waals surface area contributed by atoms with E-state index in [4.69, 9.17) is 5.73 Å². The number of rotatable bonds is 2. The first-order valence-corrected chi connectivity index (χ1v) is 4.57. The zero-order valence-electron chi connectivity index (χ0n) is 8.05. The van der Waals surface area contributed by atoms with Gasteiger partial charge in [-0.2, -0.15) is 0 Å². The van der Waals surface area contributed by atoms with E-state index in [1.807, 2.05) is 24.3 Å². The van der Waals surface area contributed by atoms with Crippen molar-refractivity contribution in [2.45, 2.75) is 0 Å². The smallest absolute Gasteiger partial charge is 0.150 e. The summed E-state index contributed by atoms with van der Waals surface area (Å²) in [4.78, 5) is 14.6. The molecule has 2 N–H and O–H groups in total. The Balaban J connectivity index is 2.44. The fraction of sp³-hybridized carbons (Fsp3) is 0. The lowest BCUT2D eigenvalue weighted by Gasteiger charge is -2.01. The summed E-state index contributed by atoms with van der Waals surface area (Å²) in [6, 6.07) is 11.0. The van der Waals surface area contributed by atoms with Crippen LogP contribution in [-0.2, 0) is 0 Å². The molecule has 3 heteroatoms. The maximum Gasteiger partial charge on any atom is 0.150 e. The molecule has 2 rings (SSSR count). The quantitative estimate of drug-likeness (QED) is 0.752. The van der Waals surface area contributed by atoms with Crippen LogP contribution in [0.25, 0.3) is 11.1 Å². The van der Waals surface area contributed by atoms with Crippen molar-refractivity contribution >= 4 is 12.1 Å². The maximum atomic E-state index is 10.6. The van der Waals surface area contributed by atoms with Crippen LogP contribution in [-0.4, -0.2) is 11.3 Å². The van der Waals surface area contributed by atoms with Gasteiger partial charge in [-0.3, -0.25) is 4.79 Å². The highest BCUT2D eigenvalue weighted by molar-refractivity contribution is 5.78. The molecule has 15 heavy (non-hydrogen) atoms. The van der Waals surface area contributed by atoms with Gasteiger partial charge in [0.1, 0.15) is 12.1 Å². The van der Waals surface area contributed by atoms with E-state index in [-0.39, 0.29) is 0 Å². The number of hydrogen-bond donors (Lipinski definition) is 1. The average molecular weight is 198 g/mol. The number of carbonyl (C=O) groups is 1. The van der Waals surface area contributed by atoms with Crippen molar-refractivity contribution in [3.05, 3.63) is 48.2 Å². The Morgan fingerprint density at radius 2 is 2.00 bits per heavy atom. The Morgan fingerprint density at radius 3 is 2.67 bits per heavy atom. The van der Waals surface area contributed by atoms with Crippen molar-refractivity contribution in [1.29, 1.82) is 0 Å². The first-order valence-electron chi connectivity index (χ1n) is 4.57. The van der Waals surface area contributed by atoms with Crippen LogP contribution in [0.15, 0.2) is 42.6 Å². The number of benzene rings is 1. The van der Waals surface area contributed by atoms with Crippen molar-refractivity contribution in [2.24, 2.45) is 0 Å². The van der Waals surface area contributed by atoms with E-state index >= 15 is 0 Å². The molecule has 0 saturated heterocycles. The van der Waals surface area contributed by atoms with Gasteiger partial charge in [-0.1, -0.05) is 18.2 Å². The molecule has 0 fully saturated rings. The van der Waals surface area contributed by atoms with Gasteiger partial charge in [-0.25, -0.2) is 4.98 Å². The summed E-state index contributed by atoms with van der Waals surface area (Å²) < 4.78 is 0. The number of nitrogens with zero attached hydrogens (tertiary/aromatic N) is 1. The summed E-state index contributed by atoms with van der Waals surface area (Å²) in [5.74, 6) is 0.491. The van der Waals surface area contributed by atoms with Crippen LogP contribution < -0.4 is 5.73 Å². The van der Waals surface area contributed by atoms with Crippen LogP contribution in [0.2, 0.25) is 0 Å². The molecule has 0 aliphatic rings. The van der Waals surface area contributed by atoms with E-state index < -0.39 is 0 Å². The number of hydrogen-bond acceptors (Lipinski definition) is 3. The molecule has 1 aromatic heterocycles. The summed E-state index contributed by atoms with van der Waals surface area (Å²) in [6.45, 7) is 0. The molecule has 2 aromatic rings. The summed E-state index contributed by atoms with van der Waals surface area (Å²) >= 11 is 0. The summed E-state index contributed by atoms with van der Waals surface area (Å²) in [6.07, 6.45) is 2.52. The molecule has 0 aliphatic carbocycles. The van der Waals surface area contributed by atoms with Crippen molar-refractivity contribution in [2.75, 3.05) is 5.73 Å². The minimum absolute atomic E-state index is 0.491. The Bertz CT molecular complexity index is 477. The number of anilines is 1. The van der Waals surface area contributed by atoms with Crippen molar-refractivity contribution in [3.63, 3.8) is 0 Å². The van der Waals surface area contributed by atoms with Gasteiger partial charge in [-0.05, 0) is 23.8 Å². The fourth-order valence-electron chi connectivity index (χ4n) is 1.37. The van der Waals surface area contributed by atoms with Gasteiger partial charge in [0.15, 0.2) is 0 Å². The first kappa shape index (κ1) is 9.40. The third-order valence-electron chi connectivity index (χ3n) is 2.14. The van der Waals surface area contributed by atoms with E-state index in [9.17, 15) is 4.79 Å². The zero-order valence-corrected chi connectivity index (χ0v) is 8.05. The summed E-state index contributed by atoms with van der Waals surface area (Å²) in [5, 5.41) is 0. The molecule has 3 nitrogen and oxygen atoms in total. The number of carbonyl (C=O) groups excluding carboxylic acids is 1. The fourth-order valence-corrected chi connectivity index (χ4v) is 1.37. The molecular weight excluding hydrogens is 188 g/mol. The normalized spacial score (nSPS) is 9.87. The van der Waals surface area contributed by atoms with Crippen molar-refractivity contribution < 1.29 is 4.79 Å². The van der Waals surface area contributed by atoms with Crippen molar-refractivity contribution in [3.8, 4) is 11.1 Å². The largest absolute Gasteiger partial charge is 0.384 e. The minimum Gasteiger partial charge on any atom is -0.384 e. The predicted octanol–water partition coefficient (Wildman–Crippen LogP) is 2.14. The Morgan fingerprint density at radius 1 is 1.13 bits per heavy atom. The van der Waals surface area contributed by atoms with Gasteiger partial charge in [0.2, 0.25) is 0 Å². The monoisotopic (exact) mass is 198 g/mol. The molecule has 74 valence electrons. The maximum absolute atomic E-state index is 10.6. The minimum atomic E-state index is 0.491. The molecule has 0 amide bonds. The second-order valence-corrected chi connectivity index (χ2v) is 3.22. The summed E-state index contributed by atoms with van der Waals surface area (Å²) in [5.41, 5.74) is 8.07. The second kappa shape index (κ2) is 3.92. The van der Waals surface area contributed by atoms with Gasteiger partial charge >= 0.3 is 0 Å². The highest BCUT2D eigenvalue weighted by atomic mass is 16.1. The molecule has 0 atom stereocenters. The second-order valence-electron chi connectivity index (χ2n) is 3.22. The van der Waals surface area contributed by atoms with Gasteiger partial charge in [0.05, 0.1) is 0 Å². The lowest BCUT2D eigenvalue weighted by Crippen LogP contribution is -1.89. The van der Waals surface area contributed by atoms with Gasteiger partial charge in [0.25, 0.3) is 0 Å². The molecule has 0 unspecified atom stereocenters. The number of pyridine rings is 1. The number of aldehydes is 1. The third kappa shape index (κ3) is 2.02. The lowest BCUT2D eigenvalue weighted by molar-refractivity contribution is 0.112. The Kier molecular flexibility index (Phi) is 2.46. The topological polar surface area (TPSA) is 56.0 Å². The molecule has 1 heterocycles.